The maximum atomic E-state index is 12.3. The lowest BCUT2D eigenvalue weighted by molar-refractivity contribution is 0.0785. The molecule has 0 aliphatic heterocycles. The Morgan fingerprint density at radius 2 is 2.26 bits per heavy atom. The minimum Gasteiger partial charge on any atom is -0.373 e. The maximum Gasteiger partial charge on any atom is 0.253 e. The molecule has 1 aromatic rings. The molecule has 19 heavy (non-hydrogen) atoms. The van der Waals surface area contributed by atoms with Gasteiger partial charge in [-0.25, -0.2) is 4.98 Å². The SMILES string of the molecule is CCc1cc(C(=O)N(C)CC(C)C#N)cc(NC)n1. The Labute approximate surface area is 114 Å². The fraction of sp³-hybridized carbons (Fsp3) is 0.500. The highest BCUT2D eigenvalue weighted by atomic mass is 16.2. The molecule has 0 aliphatic carbocycles. The van der Waals surface area contributed by atoms with Gasteiger partial charge in [0.05, 0.1) is 12.0 Å². The number of nitrogens with one attached hydrogen (secondary N) is 1. The summed E-state index contributed by atoms with van der Waals surface area (Å²) < 4.78 is 0. The Morgan fingerprint density at radius 3 is 2.79 bits per heavy atom. The van der Waals surface area contributed by atoms with Crippen molar-refractivity contribution >= 4 is 11.7 Å². The Kier molecular flexibility index (Phi) is 5.31. The van der Waals surface area contributed by atoms with Crippen LogP contribution in [0.15, 0.2) is 12.1 Å². The van der Waals surface area contributed by atoms with Crippen molar-refractivity contribution in [1.29, 1.82) is 5.26 Å². The molecular formula is C14H20N4O. The minimum atomic E-state index is -0.176. The third-order valence-electron chi connectivity index (χ3n) is 2.86. The fourth-order valence-electron chi connectivity index (χ4n) is 1.78. The van der Waals surface area contributed by atoms with Crippen LogP contribution >= 0.6 is 0 Å². The number of aromatic nitrogens is 1. The van der Waals surface area contributed by atoms with Crippen LogP contribution in [-0.2, 0) is 6.42 Å². The molecule has 0 spiro atoms. The van der Waals surface area contributed by atoms with E-state index in [-0.39, 0.29) is 11.8 Å². The lowest BCUT2D eigenvalue weighted by Gasteiger charge is -2.19. The topological polar surface area (TPSA) is 69.0 Å². The highest BCUT2D eigenvalue weighted by Gasteiger charge is 2.15. The van der Waals surface area contributed by atoms with E-state index in [0.717, 1.165) is 12.1 Å². The molecule has 5 heteroatoms. The van der Waals surface area contributed by atoms with E-state index in [1.54, 1.807) is 38.1 Å². The van der Waals surface area contributed by atoms with Gasteiger partial charge < -0.3 is 10.2 Å². The van der Waals surface area contributed by atoms with Crippen molar-refractivity contribution in [2.75, 3.05) is 26.0 Å². The van der Waals surface area contributed by atoms with Crippen LogP contribution in [0.1, 0.15) is 29.9 Å². The zero-order chi connectivity index (χ0) is 14.4. The number of nitriles is 1. The van der Waals surface area contributed by atoms with Gasteiger partial charge >= 0.3 is 0 Å². The summed E-state index contributed by atoms with van der Waals surface area (Å²) in [6, 6.07) is 5.66. The maximum absolute atomic E-state index is 12.3. The van der Waals surface area contributed by atoms with E-state index in [2.05, 4.69) is 16.4 Å². The molecule has 1 heterocycles. The summed E-state index contributed by atoms with van der Waals surface area (Å²) >= 11 is 0. The quantitative estimate of drug-likeness (QED) is 0.878. The Bertz CT molecular complexity index is 470. The molecule has 1 rings (SSSR count). The summed E-state index contributed by atoms with van der Waals surface area (Å²) in [6.07, 6.45) is 0.772. The highest BCUT2D eigenvalue weighted by Crippen LogP contribution is 2.13. The summed E-state index contributed by atoms with van der Waals surface area (Å²) in [7, 11) is 3.48. The van der Waals surface area contributed by atoms with Gasteiger partial charge in [0, 0.05) is 31.9 Å². The molecule has 1 N–H and O–H groups in total. The zero-order valence-electron chi connectivity index (χ0n) is 11.9. The van der Waals surface area contributed by atoms with Crippen LogP contribution in [0.5, 0.6) is 0 Å². The molecule has 5 nitrogen and oxygen atoms in total. The third-order valence-corrected chi connectivity index (χ3v) is 2.86. The van der Waals surface area contributed by atoms with Gasteiger partial charge in [-0.15, -0.1) is 0 Å². The molecule has 0 saturated heterocycles. The van der Waals surface area contributed by atoms with Gasteiger partial charge in [-0.05, 0) is 25.5 Å². The first-order valence-corrected chi connectivity index (χ1v) is 6.35. The Hall–Kier alpha value is -2.09. The Morgan fingerprint density at radius 1 is 1.58 bits per heavy atom. The van der Waals surface area contributed by atoms with E-state index < -0.39 is 0 Å². The molecule has 0 aromatic carbocycles. The largest absolute Gasteiger partial charge is 0.373 e. The van der Waals surface area contributed by atoms with Gasteiger partial charge in [-0.2, -0.15) is 5.26 Å². The van der Waals surface area contributed by atoms with E-state index in [0.29, 0.717) is 17.9 Å². The monoisotopic (exact) mass is 260 g/mol. The number of rotatable bonds is 5. The first-order chi connectivity index (χ1) is 9.01. The lowest BCUT2D eigenvalue weighted by atomic mass is 10.1. The second kappa shape index (κ2) is 6.74. The summed E-state index contributed by atoms with van der Waals surface area (Å²) in [5, 5.41) is 11.7. The molecule has 1 aromatic heterocycles. The molecule has 102 valence electrons. The molecule has 0 bridgehead atoms. The van der Waals surface area contributed by atoms with Crippen molar-refractivity contribution in [3.05, 3.63) is 23.4 Å². The second-order valence-corrected chi connectivity index (χ2v) is 4.55. The molecule has 0 radical (unpaired) electrons. The van der Waals surface area contributed by atoms with Crippen LogP contribution in [0.3, 0.4) is 0 Å². The standard InChI is InChI=1S/C14H20N4O/c1-5-12-6-11(7-13(16-3)17-12)14(19)18(4)9-10(2)8-15/h6-7,10H,5,9H2,1-4H3,(H,16,17). The number of anilines is 1. The zero-order valence-corrected chi connectivity index (χ0v) is 11.9. The number of hydrogen-bond donors (Lipinski definition) is 1. The molecule has 1 amide bonds. The number of carbonyl (C=O) groups excluding carboxylic acids is 1. The number of amides is 1. The predicted octanol–water partition coefficient (Wildman–Crippen LogP) is 1.92. The van der Waals surface area contributed by atoms with Crippen molar-refractivity contribution in [1.82, 2.24) is 9.88 Å². The summed E-state index contributed by atoms with van der Waals surface area (Å²) in [6.45, 7) is 4.22. The van der Waals surface area contributed by atoms with E-state index in [1.165, 1.54) is 0 Å². The number of nitrogens with zero attached hydrogens (tertiary/aromatic N) is 3. The van der Waals surface area contributed by atoms with Gasteiger partial charge in [0.2, 0.25) is 0 Å². The number of carbonyl (C=O) groups is 1. The number of hydrogen-bond acceptors (Lipinski definition) is 4. The van der Waals surface area contributed by atoms with Crippen LogP contribution in [0.25, 0.3) is 0 Å². The molecule has 0 fully saturated rings. The van der Waals surface area contributed by atoms with E-state index in [1.807, 2.05) is 6.92 Å². The lowest BCUT2D eigenvalue weighted by Crippen LogP contribution is -2.30. The fourth-order valence-corrected chi connectivity index (χ4v) is 1.78. The molecule has 0 aliphatic rings. The molecule has 1 atom stereocenters. The third kappa shape index (κ3) is 3.95. The van der Waals surface area contributed by atoms with Crippen molar-refractivity contribution in [3.63, 3.8) is 0 Å². The van der Waals surface area contributed by atoms with E-state index in [9.17, 15) is 4.79 Å². The normalized spacial score (nSPS) is 11.5. The van der Waals surface area contributed by atoms with Gasteiger partial charge in [-0.1, -0.05) is 6.92 Å². The summed E-state index contributed by atoms with van der Waals surface area (Å²) in [5.41, 5.74) is 1.47. The first-order valence-electron chi connectivity index (χ1n) is 6.35. The van der Waals surface area contributed by atoms with Gasteiger partial charge in [0.15, 0.2) is 0 Å². The van der Waals surface area contributed by atoms with Crippen molar-refractivity contribution in [2.45, 2.75) is 20.3 Å². The Balaban J connectivity index is 2.95. The van der Waals surface area contributed by atoms with Crippen molar-refractivity contribution < 1.29 is 4.79 Å². The van der Waals surface area contributed by atoms with Crippen LogP contribution < -0.4 is 5.32 Å². The summed E-state index contributed by atoms with van der Waals surface area (Å²) in [4.78, 5) is 18.2. The van der Waals surface area contributed by atoms with E-state index in [4.69, 9.17) is 5.26 Å². The van der Waals surface area contributed by atoms with Crippen LogP contribution in [0.2, 0.25) is 0 Å². The first kappa shape index (κ1) is 15.0. The van der Waals surface area contributed by atoms with Crippen molar-refractivity contribution in [2.24, 2.45) is 5.92 Å². The van der Waals surface area contributed by atoms with Crippen LogP contribution in [-0.4, -0.2) is 36.4 Å². The summed E-state index contributed by atoms with van der Waals surface area (Å²) in [5.74, 6) is 0.422. The average Bonchev–Trinajstić information content (AvgIpc) is 2.45. The second-order valence-electron chi connectivity index (χ2n) is 4.55. The van der Waals surface area contributed by atoms with Gasteiger partial charge in [0.1, 0.15) is 5.82 Å². The van der Waals surface area contributed by atoms with Crippen molar-refractivity contribution in [3.8, 4) is 6.07 Å². The molecular weight excluding hydrogens is 240 g/mol. The van der Waals surface area contributed by atoms with Gasteiger partial charge in [-0.3, -0.25) is 4.79 Å². The molecule has 1 unspecified atom stereocenters. The minimum absolute atomic E-state index is 0.0873. The van der Waals surface area contributed by atoms with Gasteiger partial charge in [0.25, 0.3) is 5.91 Å². The predicted molar refractivity (Wildman–Crippen MR) is 74.9 cm³/mol. The van der Waals surface area contributed by atoms with Crippen LogP contribution in [0, 0.1) is 17.2 Å². The van der Waals surface area contributed by atoms with Crippen LogP contribution in [0.4, 0.5) is 5.82 Å². The highest BCUT2D eigenvalue weighted by molar-refractivity contribution is 5.94. The average molecular weight is 260 g/mol. The number of aryl methyl sites for hydroxylation is 1. The van der Waals surface area contributed by atoms with E-state index >= 15 is 0 Å². The number of pyridine rings is 1. The molecule has 0 saturated carbocycles. The smallest absolute Gasteiger partial charge is 0.253 e.